The number of unbranched alkanes of at least 4 members (excludes halogenated alkanes) is 2. The maximum atomic E-state index is 5.78. The highest BCUT2D eigenvalue weighted by atomic mass is 16.5. The monoisotopic (exact) mass is 201 g/mol. The van der Waals surface area contributed by atoms with Gasteiger partial charge in [0.2, 0.25) is 0 Å². The summed E-state index contributed by atoms with van der Waals surface area (Å²) in [6.07, 6.45) is 5.26. The lowest BCUT2D eigenvalue weighted by Gasteiger charge is -2.18. The predicted octanol–water partition coefficient (Wildman–Crippen LogP) is 2.97. The number of ether oxygens (including phenoxy) is 1. The Hall–Kier alpha value is -0.0800. The van der Waals surface area contributed by atoms with Crippen LogP contribution in [0, 0.1) is 0 Å². The van der Waals surface area contributed by atoms with Gasteiger partial charge in [0, 0.05) is 19.2 Å². The van der Waals surface area contributed by atoms with E-state index in [9.17, 15) is 0 Å². The molecule has 0 saturated carbocycles. The minimum absolute atomic E-state index is 0.397. The zero-order chi connectivity index (χ0) is 10.8. The summed E-state index contributed by atoms with van der Waals surface area (Å²) in [4.78, 5) is 0. The number of rotatable bonds is 9. The number of hydrogen-bond donors (Lipinski definition) is 1. The Kier molecular flexibility index (Phi) is 9.42. The first-order valence-corrected chi connectivity index (χ1v) is 6.05. The van der Waals surface area contributed by atoms with Crippen molar-refractivity contribution in [2.24, 2.45) is 0 Å². The molecule has 0 aliphatic heterocycles. The second-order valence-corrected chi connectivity index (χ2v) is 4.17. The molecule has 0 fully saturated rings. The molecule has 0 rings (SSSR count). The van der Waals surface area contributed by atoms with E-state index >= 15 is 0 Å². The van der Waals surface area contributed by atoms with Crippen LogP contribution in [-0.2, 0) is 4.74 Å². The highest BCUT2D eigenvalue weighted by Crippen LogP contribution is 2.01. The third-order valence-electron chi connectivity index (χ3n) is 2.31. The molecule has 0 aromatic carbocycles. The lowest BCUT2D eigenvalue weighted by Crippen LogP contribution is -2.33. The molecule has 14 heavy (non-hydrogen) atoms. The van der Waals surface area contributed by atoms with Crippen molar-refractivity contribution in [3.63, 3.8) is 0 Å². The van der Waals surface area contributed by atoms with Crippen LogP contribution in [-0.4, -0.2) is 25.3 Å². The van der Waals surface area contributed by atoms with Crippen LogP contribution in [0.3, 0.4) is 0 Å². The van der Waals surface area contributed by atoms with E-state index in [1.54, 1.807) is 0 Å². The first-order chi connectivity index (χ1) is 6.70. The van der Waals surface area contributed by atoms with Crippen molar-refractivity contribution in [3.05, 3.63) is 0 Å². The standard InChI is InChI=1S/C12H27NO/c1-5-7-8-9-14-12(6-2)10-13-11(3)4/h11-13H,5-10H2,1-4H3. The molecule has 0 spiro atoms. The molecule has 0 bridgehead atoms. The minimum Gasteiger partial charge on any atom is -0.377 e. The minimum atomic E-state index is 0.397. The normalized spacial score (nSPS) is 13.5. The summed E-state index contributed by atoms with van der Waals surface area (Å²) in [6.45, 7) is 10.7. The topological polar surface area (TPSA) is 21.3 Å². The molecular weight excluding hydrogens is 174 g/mol. The third-order valence-corrected chi connectivity index (χ3v) is 2.31. The van der Waals surface area contributed by atoms with Crippen molar-refractivity contribution in [2.75, 3.05) is 13.2 Å². The molecule has 1 N–H and O–H groups in total. The summed E-state index contributed by atoms with van der Waals surface area (Å²) in [5.74, 6) is 0. The maximum absolute atomic E-state index is 5.78. The quantitative estimate of drug-likeness (QED) is 0.579. The average Bonchev–Trinajstić information content (AvgIpc) is 2.16. The Labute approximate surface area is 89.4 Å². The molecule has 2 nitrogen and oxygen atoms in total. The summed E-state index contributed by atoms with van der Waals surface area (Å²) in [5.41, 5.74) is 0. The Bertz CT molecular complexity index is 115. The van der Waals surface area contributed by atoms with Crippen LogP contribution in [0.15, 0.2) is 0 Å². The van der Waals surface area contributed by atoms with E-state index in [1.807, 2.05) is 0 Å². The fourth-order valence-electron chi connectivity index (χ4n) is 1.29. The molecule has 0 radical (unpaired) electrons. The molecule has 0 amide bonds. The van der Waals surface area contributed by atoms with Gasteiger partial charge in [-0.3, -0.25) is 0 Å². The predicted molar refractivity (Wildman–Crippen MR) is 62.7 cm³/mol. The van der Waals surface area contributed by atoms with Gasteiger partial charge in [-0.2, -0.15) is 0 Å². The van der Waals surface area contributed by atoms with Gasteiger partial charge in [-0.1, -0.05) is 40.5 Å². The lowest BCUT2D eigenvalue weighted by molar-refractivity contribution is 0.0471. The molecule has 0 aromatic heterocycles. The van der Waals surface area contributed by atoms with Crippen LogP contribution in [0.1, 0.15) is 53.4 Å². The zero-order valence-corrected chi connectivity index (χ0v) is 10.3. The second kappa shape index (κ2) is 9.47. The Morgan fingerprint density at radius 1 is 1.14 bits per heavy atom. The summed E-state index contributed by atoms with van der Waals surface area (Å²) < 4.78 is 5.78. The Balaban J connectivity index is 3.38. The van der Waals surface area contributed by atoms with Crippen LogP contribution in [0.25, 0.3) is 0 Å². The van der Waals surface area contributed by atoms with Gasteiger partial charge >= 0.3 is 0 Å². The second-order valence-electron chi connectivity index (χ2n) is 4.17. The van der Waals surface area contributed by atoms with Crippen molar-refractivity contribution in [1.82, 2.24) is 5.32 Å². The molecule has 1 unspecified atom stereocenters. The van der Waals surface area contributed by atoms with E-state index in [0.29, 0.717) is 12.1 Å². The van der Waals surface area contributed by atoms with E-state index < -0.39 is 0 Å². The third kappa shape index (κ3) is 8.52. The molecule has 0 aliphatic rings. The van der Waals surface area contributed by atoms with E-state index in [-0.39, 0.29) is 0 Å². The fourth-order valence-corrected chi connectivity index (χ4v) is 1.29. The average molecular weight is 201 g/mol. The van der Waals surface area contributed by atoms with E-state index in [1.165, 1.54) is 19.3 Å². The highest BCUT2D eigenvalue weighted by molar-refractivity contribution is 4.62. The highest BCUT2D eigenvalue weighted by Gasteiger charge is 2.06. The molecule has 2 heteroatoms. The van der Waals surface area contributed by atoms with Gasteiger partial charge in [0.1, 0.15) is 0 Å². The first-order valence-electron chi connectivity index (χ1n) is 6.05. The first kappa shape index (κ1) is 13.9. The number of hydrogen-bond acceptors (Lipinski definition) is 2. The summed E-state index contributed by atoms with van der Waals surface area (Å²) in [7, 11) is 0. The van der Waals surface area contributed by atoms with E-state index in [0.717, 1.165) is 19.6 Å². The van der Waals surface area contributed by atoms with Crippen molar-refractivity contribution in [2.45, 2.75) is 65.5 Å². The SMILES string of the molecule is CCCCCOC(CC)CNC(C)C. The van der Waals surface area contributed by atoms with Crippen LogP contribution in [0.4, 0.5) is 0 Å². The van der Waals surface area contributed by atoms with Gasteiger partial charge in [0.15, 0.2) is 0 Å². The molecule has 0 heterocycles. The lowest BCUT2D eigenvalue weighted by atomic mass is 10.2. The summed E-state index contributed by atoms with van der Waals surface area (Å²) >= 11 is 0. The molecule has 86 valence electrons. The summed E-state index contributed by atoms with van der Waals surface area (Å²) in [6, 6.07) is 0.559. The van der Waals surface area contributed by atoms with Gasteiger partial charge in [-0.25, -0.2) is 0 Å². The Morgan fingerprint density at radius 2 is 1.86 bits per heavy atom. The smallest absolute Gasteiger partial charge is 0.0696 e. The number of nitrogens with one attached hydrogen (secondary N) is 1. The van der Waals surface area contributed by atoms with Gasteiger partial charge < -0.3 is 10.1 Å². The molecule has 0 aromatic rings. The maximum Gasteiger partial charge on any atom is 0.0696 e. The Morgan fingerprint density at radius 3 is 2.36 bits per heavy atom. The fraction of sp³-hybridized carbons (Fsp3) is 1.00. The van der Waals surface area contributed by atoms with Crippen molar-refractivity contribution in [1.29, 1.82) is 0 Å². The van der Waals surface area contributed by atoms with Crippen LogP contribution in [0.5, 0.6) is 0 Å². The van der Waals surface area contributed by atoms with Crippen molar-refractivity contribution in [3.8, 4) is 0 Å². The molecule has 1 atom stereocenters. The van der Waals surface area contributed by atoms with E-state index in [2.05, 4.69) is 33.0 Å². The van der Waals surface area contributed by atoms with Gasteiger partial charge in [-0.05, 0) is 12.8 Å². The van der Waals surface area contributed by atoms with Crippen LogP contribution in [0.2, 0.25) is 0 Å². The van der Waals surface area contributed by atoms with Crippen molar-refractivity contribution >= 4 is 0 Å². The van der Waals surface area contributed by atoms with Crippen LogP contribution >= 0.6 is 0 Å². The van der Waals surface area contributed by atoms with Gasteiger partial charge in [0.05, 0.1) is 6.10 Å². The van der Waals surface area contributed by atoms with Crippen molar-refractivity contribution < 1.29 is 4.74 Å². The molecular formula is C12H27NO. The van der Waals surface area contributed by atoms with Gasteiger partial charge in [-0.15, -0.1) is 0 Å². The molecule has 0 saturated heterocycles. The van der Waals surface area contributed by atoms with E-state index in [4.69, 9.17) is 4.74 Å². The van der Waals surface area contributed by atoms with Crippen LogP contribution < -0.4 is 5.32 Å². The zero-order valence-electron chi connectivity index (χ0n) is 10.3. The summed E-state index contributed by atoms with van der Waals surface area (Å²) in [5, 5.41) is 3.41. The largest absolute Gasteiger partial charge is 0.377 e. The van der Waals surface area contributed by atoms with Gasteiger partial charge in [0.25, 0.3) is 0 Å². The molecule has 0 aliphatic carbocycles.